The fourth-order valence-corrected chi connectivity index (χ4v) is 3.66. The molecule has 0 spiro atoms. The largest absolute Gasteiger partial charge is 0.466 e. The van der Waals surface area contributed by atoms with Gasteiger partial charge in [0.25, 0.3) is 0 Å². The van der Waals surface area contributed by atoms with Crippen molar-refractivity contribution < 1.29 is 28.2 Å². The van der Waals surface area contributed by atoms with Crippen LogP contribution in [0, 0.1) is 0 Å². The molecule has 0 aromatic carbocycles. The Balaban J connectivity index is 0.000000280. The zero-order chi connectivity index (χ0) is 13.9. The van der Waals surface area contributed by atoms with Crippen LogP contribution in [0.25, 0.3) is 0 Å². The molecular weight excluding hydrogens is 302 g/mol. The highest BCUT2D eigenvalue weighted by atomic mass is 35.5. The van der Waals surface area contributed by atoms with Gasteiger partial charge in [0.2, 0.25) is 6.67 Å². The number of rotatable bonds is 4. The number of fused-ring (bicyclic) bond motifs is 2. The highest BCUT2D eigenvalue weighted by Crippen LogP contribution is 2.31. The first-order chi connectivity index (χ1) is 8.24. The normalized spacial score (nSPS) is 34.3. The quantitative estimate of drug-likeness (QED) is 0.391. The first kappa shape index (κ1) is 16.7. The van der Waals surface area contributed by atoms with Crippen LogP contribution in [0.15, 0.2) is 0 Å². The molecule has 0 amide bonds. The van der Waals surface area contributed by atoms with Gasteiger partial charge in [0.05, 0.1) is 24.8 Å². The molecule has 2 rings (SSSR count). The van der Waals surface area contributed by atoms with Crippen LogP contribution >= 0.6 is 31.0 Å². The van der Waals surface area contributed by atoms with E-state index in [0.29, 0.717) is 0 Å². The molecular formula is C9H21Cl2N2O4P+2. The summed E-state index contributed by atoms with van der Waals surface area (Å²) < 4.78 is 11.4. The monoisotopic (exact) mass is 322 g/mol. The van der Waals surface area contributed by atoms with Crippen molar-refractivity contribution in [3.8, 4) is 0 Å². The lowest BCUT2D eigenvalue weighted by atomic mass is 10.3. The SMILES string of the molecule is ClCC[N+]12CC[N+](CCCl)(CC1)C2.O=P(O)(O)O. The second kappa shape index (κ2) is 6.37. The van der Waals surface area contributed by atoms with Gasteiger partial charge in [0, 0.05) is 0 Å². The van der Waals surface area contributed by atoms with E-state index in [4.69, 9.17) is 42.4 Å². The second-order valence-electron chi connectivity index (χ2n) is 5.06. The van der Waals surface area contributed by atoms with Crippen LogP contribution in [0.1, 0.15) is 0 Å². The molecule has 3 N–H and O–H groups in total. The minimum atomic E-state index is -4.64. The van der Waals surface area contributed by atoms with Crippen molar-refractivity contribution in [1.82, 2.24) is 0 Å². The van der Waals surface area contributed by atoms with E-state index in [0.717, 1.165) is 24.8 Å². The average Bonchev–Trinajstić information content (AvgIpc) is 2.71. The molecule has 0 aromatic rings. The summed E-state index contributed by atoms with van der Waals surface area (Å²) in [5.41, 5.74) is 0. The Morgan fingerprint density at radius 2 is 1.17 bits per heavy atom. The third kappa shape index (κ3) is 4.94. The van der Waals surface area contributed by atoms with Gasteiger partial charge in [-0.2, -0.15) is 0 Å². The molecule has 2 heterocycles. The Labute approximate surface area is 117 Å². The van der Waals surface area contributed by atoms with Gasteiger partial charge in [-0.1, -0.05) is 0 Å². The zero-order valence-corrected chi connectivity index (χ0v) is 12.6. The van der Waals surface area contributed by atoms with E-state index in [9.17, 15) is 0 Å². The molecule has 108 valence electrons. The fourth-order valence-electron chi connectivity index (χ4n) is 2.94. The summed E-state index contributed by atoms with van der Waals surface area (Å²) >= 11 is 11.7. The molecule has 2 saturated heterocycles. The van der Waals surface area contributed by atoms with Gasteiger partial charge in [-0.15, -0.1) is 23.2 Å². The van der Waals surface area contributed by atoms with Crippen molar-refractivity contribution in [2.45, 2.75) is 0 Å². The van der Waals surface area contributed by atoms with E-state index >= 15 is 0 Å². The molecule has 6 nitrogen and oxygen atoms in total. The molecule has 0 atom stereocenters. The van der Waals surface area contributed by atoms with Crippen LogP contribution in [0.2, 0.25) is 0 Å². The summed E-state index contributed by atoms with van der Waals surface area (Å²) in [6, 6.07) is 0. The third-order valence-electron chi connectivity index (χ3n) is 3.82. The predicted molar refractivity (Wildman–Crippen MR) is 70.3 cm³/mol. The number of hydrogen-bond donors (Lipinski definition) is 3. The van der Waals surface area contributed by atoms with Gasteiger partial charge in [-0.25, -0.2) is 4.57 Å². The Bertz CT molecular complexity index is 289. The maximum absolute atomic E-state index is 8.88. The lowest BCUT2D eigenvalue weighted by molar-refractivity contribution is -0.985. The summed E-state index contributed by atoms with van der Waals surface area (Å²) in [6.45, 7) is 8.90. The summed E-state index contributed by atoms with van der Waals surface area (Å²) in [7, 11) is -4.64. The molecule has 2 bridgehead atoms. The van der Waals surface area contributed by atoms with Crippen LogP contribution in [0.3, 0.4) is 0 Å². The standard InChI is InChI=1S/C9H18Cl2N2.H3O4P/c10-1-3-12-5-7-13(9-12,4-2-11)8-6-12;1-5(2,3)4/h1-9H2;(H3,1,2,3,4)/q+2;. The number of phosphoric acid groups is 1. The van der Waals surface area contributed by atoms with E-state index < -0.39 is 7.82 Å². The molecule has 9 heteroatoms. The summed E-state index contributed by atoms with van der Waals surface area (Å²) in [5.74, 6) is 1.61. The van der Waals surface area contributed by atoms with Crippen molar-refractivity contribution in [3.05, 3.63) is 0 Å². The molecule has 0 aliphatic carbocycles. The van der Waals surface area contributed by atoms with Gasteiger partial charge in [0.15, 0.2) is 0 Å². The van der Waals surface area contributed by atoms with Crippen molar-refractivity contribution in [2.24, 2.45) is 0 Å². The van der Waals surface area contributed by atoms with Crippen molar-refractivity contribution >= 4 is 31.0 Å². The Morgan fingerprint density at radius 1 is 0.889 bits per heavy atom. The lowest BCUT2D eigenvalue weighted by Crippen LogP contribution is -2.48. The maximum atomic E-state index is 8.88. The van der Waals surface area contributed by atoms with E-state index in [2.05, 4.69) is 0 Å². The first-order valence-electron chi connectivity index (χ1n) is 5.85. The summed E-state index contributed by atoms with van der Waals surface area (Å²) in [5, 5.41) is 0. The Hall–Kier alpha value is 0.610. The van der Waals surface area contributed by atoms with Crippen LogP contribution in [0.5, 0.6) is 0 Å². The number of hydrogen-bond acceptors (Lipinski definition) is 1. The van der Waals surface area contributed by atoms with Crippen molar-refractivity contribution in [2.75, 3.05) is 57.7 Å². The highest BCUT2D eigenvalue weighted by Gasteiger charge is 2.54. The lowest BCUT2D eigenvalue weighted by Gasteiger charge is -2.26. The number of halogens is 2. The zero-order valence-electron chi connectivity index (χ0n) is 10.2. The van der Waals surface area contributed by atoms with Crippen LogP contribution < -0.4 is 0 Å². The van der Waals surface area contributed by atoms with Crippen LogP contribution in [-0.2, 0) is 4.57 Å². The molecule has 2 aliphatic rings. The van der Waals surface area contributed by atoms with Gasteiger partial charge < -0.3 is 14.7 Å². The van der Waals surface area contributed by atoms with Crippen LogP contribution in [0.4, 0.5) is 0 Å². The molecule has 18 heavy (non-hydrogen) atoms. The van der Waals surface area contributed by atoms with Gasteiger partial charge in [-0.3, -0.25) is 8.97 Å². The number of alkyl halides is 2. The van der Waals surface area contributed by atoms with Crippen molar-refractivity contribution in [3.63, 3.8) is 0 Å². The predicted octanol–water partition coefficient (Wildman–Crippen LogP) is 0.154. The van der Waals surface area contributed by atoms with Gasteiger partial charge in [0.1, 0.15) is 26.2 Å². The van der Waals surface area contributed by atoms with Crippen LogP contribution in [-0.4, -0.2) is 81.3 Å². The summed E-state index contributed by atoms with van der Waals surface area (Å²) in [4.78, 5) is 21.6. The van der Waals surface area contributed by atoms with E-state index in [-0.39, 0.29) is 0 Å². The minimum Gasteiger partial charge on any atom is -0.303 e. The molecule has 2 fully saturated rings. The number of piperazine rings is 1. The molecule has 0 unspecified atom stereocenters. The molecule has 0 aromatic heterocycles. The Morgan fingerprint density at radius 3 is 1.39 bits per heavy atom. The van der Waals surface area contributed by atoms with E-state index in [1.165, 1.54) is 41.8 Å². The fraction of sp³-hybridized carbons (Fsp3) is 1.00. The third-order valence-corrected chi connectivity index (χ3v) is 4.15. The van der Waals surface area contributed by atoms with E-state index in [1.54, 1.807) is 0 Å². The Kier molecular flexibility index (Phi) is 5.90. The smallest absolute Gasteiger partial charge is 0.303 e. The molecule has 2 aliphatic heterocycles. The topological polar surface area (TPSA) is 77.8 Å². The first-order valence-corrected chi connectivity index (χ1v) is 8.48. The second-order valence-corrected chi connectivity index (χ2v) is 6.84. The maximum Gasteiger partial charge on any atom is 0.466 e. The van der Waals surface area contributed by atoms with Gasteiger partial charge in [-0.05, 0) is 0 Å². The van der Waals surface area contributed by atoms with Gasteiger partial charge >= 0.3 is 7.82 Å². The minimum absolute atomic E-state index is 0.806. The number of quaternary nitrogens is 2. The highest BCUT2D eigenvalue weighted by molar-refractivity contribution is 7.45. The average molecular weight is 323 g/mol. The molecule has 0 saturated carbocycles. The van der Waals surface area contributed by atoms with Crippen molar-refractivity contribution in [1.29, 1.82) is 0 Å². The summed E-state index contributed by atoms with van der Waals surface area (Å²) in [6.07, 6.45) is 0. The molecule has 0 radical (unpaired) electrons. The van der Waals surface area contributed by atoms with E-state index in [1.807, 2.05) is 0 Å². The number of nitrogens with zero attached hydrogens (tertiary/aromatic N) is 2.